The summed E-state index contributed by atoms with van der Waals surface area (Å²) in [5, 5.41) is 3.07. The molecule has 2 aromatic rings. The van der Waals surface area contributed by atoms with E-state index in [1.165, 1.54) is 14.2 Å². The molecule has 0 saturated carbocycles. The Kier molecular flexibility index (Phi) is 7.37. The summed E-state index contributed by atoms with van der Waals surface area (Å²) in [4.78, 5) is 12.3. The first-order chi connectivity index (χ1) is 13.0. The Morgan fingerprint density at radius 3 is 2.33 bits per heavy atom. The maximum absolute atomic E-state index is 12.3. The van der Waals surface area contributed by atoms with Crippen LogP contribution in [0.1, 0.15) is 12.5 Å². The highest BCUT2D eigenvalue weighted by Crippen LogP contribution is 2.36. The molecule has 0 aliphatic heterocycles. The van der Waals surface area contributed by atoms with Crippen LogP contribution in [0.5, 0.6) is 23.0 Å². The maximum atomic E-state index is 12.3. The van der Waals surface area contributed by atoms with E-state index in [1.807, 2.05) is 31.2 Å². The summed E-state index contributed by atoms with van der Waals surface area (Å²) >= 11 is 6.11. The van der Waals surface area contributed by atoms with Gasteiger partial charge in [-0.3, -0.25) is 4.79 Å². The Hall–Kier alpha value is -2.86. The second-order valence-corrected chi connectivity index (χ2v) is 5.84. The van der Waals surface area contributed by atoms with Crippen molar-refractivity contribution < 1.29 is 23.7 Å². The second-order valence-electron chi connectivity index (χ2n) is 5.43. The SMILES string of the molecule is CC=Cc1ccc(OCC(=O)Nc2cc(Cl)c(OC)cc2OC)c(OC)c1. The fourth-order valence-electron chi connectivity index (χ4n) is 2.39. The van der Waals surface area contributed by atoms with E-state index in [9.17, 15) is 4.79 Å². The predicted octanol–water partition coefficient (Wildman–Crippen LogP) is 4.42. The molecule has 0 radical (unpaired) electrons. The van der Waals surface area contributed by atoms with Gasteiger partial charge in [-0.25, -0.2) is 0 Å². The number of allylic oxidation sites excluding steroid dienone is 1. The third-order valence-corrected chi connectivity index (χ3v) is 3.95. The van der Waals surface area contributed by atoms with Gasteiger partial charge in [0.05, 0.1) is 32.0 Å². The lowest BCUT2D eigenvalue weighted by molar-refractivity contribution is -0.118. The van der Waals surface area contributed by atoms with Gasteiger partial charge in [-0.2, -0.15) is 0 Å². The van der Waals surface area contributed by atoms with Crippen molar-refractivity contribution in [2.24, 2.45) is 0 Å². The highest BCUT2D eigenvalue weighted by atomic mass is 35.5. The van der Waals surface area contributed by atoms with Crippen LogP contribution in [-0.4, -0.2) is 33.8 Å². The first-order valence-electron chi connectivity index (χ1n) is 8.17. The lowest BCUT2D eigenvalue weighted by Crippen LogP contribution is -2.20. The van der Waals surface area contributed by atoms with Crippen molar-refractivity contribution in [3.63, 3.8) is 0 Å². The van der Waals surface area contributed by atoms with Gasteiger partial charge in [0.2, 0.25) is 0 Å². The van der Waals surface area contributed by atoms with Gasteiger partial charge in [0.15, 0.2) is 18.1 Å². The van der Waals surface area contributed by atoms with E-state index in [0.717, 1.165) is 5.56 Å². The van der Waals surface area contributed by atoms with Gasteiger partial charge in [0.1, 0.15) is 11.5 Å². The Morgan fingerprint density at radius 2 is 1.70 bits per heavy atom. The summed E-state index contributed by atoms with van der Waals surface area (Å²) in [6, 6.07) is 8.62. The fourth-order valence-corrected chi connectivity index (χ4v) is 2.63. The summed E-state index contributed by atoms with van der Waals surface area (Å²) < 4.78 is 21.3. The zero-order valence-electron chi connectivity index (χ0n) is 15.7. The molecule has 0 unspecified atom stereocenters. The summed E-state index contributed by atoms with van der Waals surface area (Å²) in [7, 11) is 4.54. The molecule has 0 aliphatic carbocycles. The van der Waals surface area contributed by atoms with Gasteiger partial charge in [0, 0.05) is 6.07 Å². The van der Waals surface area contributed by atoms with E-state index in [0.29, 0.717) is 33.7 Å². The van der Waals surface area contributed by atoms with Crippen molar-refractivity contribution in [3.8, 4) is 23.0 Å². The summed E-state index contributed by atoms with van der Waals surface area (Å²) in [5.74, 6) is 1.53. The predicted molar refractivity (Wildman–Crippen MR) is 106 cm³/mol. The molecule has 0 aliphatic rings. The standard InChI is InChI=1S/C20H22ClNO5/c1-5-6-13-7-8-16(19(9-13)26-4)27-12-20(23)22-15-10-14(21)17(24-2)11-18(15)25-3/h5-11H,12H2,1-4H3,(H,22,23). The largest absolute Gasteiger partial charge is 0.495 e. The van der Waals surface area contributed by atoms with Crippen molar-refractivity contribution in [1.82, 2.24) is 0 Å². The lowest BCUT2D eigenvalue weighted by atomic mass is 10.2. The summed E-state index contributed by atoms with van der Waals surface area (Å²) in [6.07, 6.45) is 3.87. The minimum absolute atomic E-state index is 0.202. The molecule has 27 heavy (non-hydrogen) atoms. The smallest absolute Gasteiger partial charge is 0.262 e. The first kappa shape index (κ1) is 20.5. The van der Waals surface area contributed by atoms with Crippen LogP contribution in [0.25, 0.3) is 6.08 Å². The highest BCUT2D eigenvalue weighted by molar-refractivity contribution is 6.32. The van der Waals surface area contributed by atoms with Gasteiger partial charge in [-0.15, -0.1) is 0 Å². The van der Waals surface area contributed by atoms with E-state index in [4.69, 9.17) is 30.5 Å². The first-order valence-corrected chi connectivity index (χ1v) is 8.55. The number of hydrogen-bond donors (Lipinski definition) is 1. The van der Waals surface area contributed by atoms with E-state index >= 15 is 0 Å². The molecule has 1 amide bonds. The van der Waals surface area contributed by atoms with Gasteiger partial charge in [-0.1, -0.05) is 29.8 Å². The number of carbonyl (C=O) groups excluding carboxylic acids is 1. The average molecular weight is 392 g/mol. The molecule has 2 aromatic carbocycles. The average Bonchev–Trinajstić information content (AvgIpc) is 2.67. The zero-order chi connectivity index (χ0) is 19.8. The van der Waals surface area contributed by atoms with Crippen molar-refractivity contribution in [1.29, 1.82) is 0 Å². The number of hydrogen-bond acceptors (Lipinski definition) is 5. The molecule has 0 aromatic heterocycles. The van der Waals surface area contributed by atoms with Crippen molar-refractivity contribution in [2.45, 2.75) is 6.92 Å². The number of benzene rings is 2. The minimum atomic E-state index is -0.367. The number of amides is 1. The van der Waals surface area contributed by atoms with Crippen LogP contribution in [-0.2, 0) is 4.79 Å². The van der Waals surface area contributed by atoms with Crippen LogP contribution < -0.4 is 24.3 Å². The normalized spacial score (nSPS) is 10.6. The minimum Gasteiger partial charge on any atom is -0.495 e. The molecule has 6 nitrogen and oxygen atoms in total. The Balaban J connectivity index is 2.08. The van der Waals surface area contributed by atoms with E-state index < -0.39 is 0 Å². The number of halogens is 1. The number of methoxy groups -OCH3 is 3. The van der Waals surface area contributed by atoms with Gasteiger partial charge in [-0.05, 0) is 30.7 Å². The van der Waals surface area contributed by atoms with E-state index in [1.54, 1.807) is 25.3 Å². The third kappa shape index (κ3) is 5.31. The fraction of sp³-hybridized carbons (Fsp3) is 0.250. The number of anilines is 1. The van der Waals surface area contributed by atoms with Crippen LogP contribution in [0.3, 0.4) is 0 Å². The molecule has 1 N–H and O–H groups in total. The number of rotatable bonds is 8. The Labute approximate surface area is 163 Å². The molecule has 0 fully saturated rings. The number of nitrogens with one attached hydrogen (secondary N) is 1. The highest BCUT2D eigenvalue weighted by Gasteiger charge is 2.14. The second kappa shape index (κ2) is 9.73. The topological polar surface area (TPSA) is 66.0 Å². The zero-order valence-corrected chi connectivity index (χ0v) is 16.4. The van der Waals surface area contributed by atoms with Crippen LogP contribution in [0.15, 0.2) is 36.4 Å². The molecular weight excluding hydrogens is 370 g/mol. The third-order valence-electron chi connectivity index (χ3n) is 3.65. The van der Waals surface area contributed by atoms with E-state index in [-0.39, 0.29) is 12.5 Å². The van der Waals surface area contributed by atoms with Crippen LogP contribution in [0.2, 0.25) is 5.02 Å². The molecule has 7 heteroatoms. The van der Waals surface area contributed by atoms with Crippen LogP contribution in [0, 0.1) is 0 Å². The van der Waals surface area contributed by atoms with E-state index in [2.05, 4.69) is 5.32 Å². The Bertz CT molecular complexity index is 835. The van der Waals surface area contributed by atoms with Crippen LogP contribution in [0.4, 0.5) is 5.69 Å². The number of ether oxygens (including phenoxy) is 4. The van der Waals surface area contributed by atoms with Crippen molar-refractivity contribution in [3.05, 3.63) is 47.0 Å². The lowest BCUT2D eigenvalue weighted by Gasteiger charge is -2.14. The van der Waals surface area contributed by atoms with Crippen molar-refractivity contribution in [2.75, 3.05) is 33.3 Å². The monoisotopic (exact) mass is 391 g/mol. The molecule has 0 spiro atoms. The molecule has 0 atom stereocenters. The molecular formula is C20H22ClNO5. The maximum Gasteiger partial charge on any atom is 0.262 e. The Morgan fingerprint density at radius 1 is 1.00 bits per heavy atom. The summed E-state index contributed by atoms with van der Waals surface area (Å²) in [6.45, 7) is 1.73. The van der Waals surface area contributed by atoms with Crippen LogP contribution >= 0.6 is 11.6 Å². The van der Waals surface area contributed by atoms with Gasteiger partial charge >= 0.3 is 0 Å². The molecule has 0 bridgehead atoms. The molecule has 0 saturated heterocycles. The summed E-state index contributed by atoms with van der Waals surface area (Å²) in [5.41, 5.74) is 1.40. The molecule has 0 heterocycles. The van der Waals surface area contributed by atoms with Gasteiger partial charge in [0.25, 0.3) is 5.91 Å². The van der Waals surface area contributed by atoms with Gasteiger partial charge < -0.3 is 24.3 Å². The number of carbonyl (C=O) groups is 1. The quantitative estimate of drug-likeness (QED) is 0.721. The molecule has 2 rings (SSSR count). The van der Waals surface area contributed by atoms with Crippen molar-refractivity contribution >= 4 is 29.3 Å². The molecule has 144 valence electrons.